The average molecular weight is 388 g/mol. The lowest BCUT2D eigenvalue weighted by Gasteiger charge is -2.20. The van der Waals surface area contributed by atoms with Gasteiger partial charge >= 0.3 is 0 Å². The van der Waals surface area contributed by atoms with Gasteiger partial charge in [0.1, 0.15) is 5.82 Å². The molecule has 0 saturated carbocycles. The van der Waals surface area contributed by atoms with Crippen molar-refractivity contribution in [3.05, 3.63) is 84.2 Å². The number of amides is 1. The molecule has 0 aliphatic carbocycles. The molecule has 1 aromatic heterocycles. The quantitative estimate of drug-likeness (QED) is 0.672. The van der Waals surface area contributed by atoms with Gasteiger partial charge in [0.25, 0.3) is 5.91 Å². The van der Waals surface area contributed by atoms with Crippen molar-refractivity contribution in [2.75, 3.05) is 0 Å². The topological polar surface area (TPSA) is 107 Å². The third kappa shape index (κ3) is 4.57. The van der Waals surface area contributed by atoms with Gasteiger partial charge in [0.2, 0.25) is 10.0 Å². The molecular formula is C18H17FN4O3S. The largest absolute Gasteiger partial charge is 0.343 e. The van der Waals surface area contributed by atoms with Gasteiger partial charge in [0.05, 0.1) is 22.8 Å². The van der Waals surface area contributed by atoms with Crippen LogP contribution in [0.25, 0.3) is 0 Å². The van der Waals surface area contributed by atoms with E-state index in [9.17, 15) is 17.6 Å². The number of imidazole rings is 1. The van der Waals surface area contributed by atoms with Crippen LogP contribution in [0.4, 0.5) is 4.39 Å². The van der Waals surface area contributed by atoms with E-state index in [1.807, 2.05) is 30.3 Å². The fourth-order valence-electron chi connectivity index (χ4n) is 2.62. The van der Waals surface area contributed by atoms with Crippen LogP contribution in [0.5, 0.6) is 0 Å². The minimum atomic E-state index is -4.06. The second-order valence-corrected chi connectivity index (χ2v) is 7.44. The number of hydrogen-bond donors (Lipinski definition) is 2. The molecular weight excluding hydrogens is 371 g/mol. The van der Waals surface area contributed by atoms with Crippen LogP contribution < -0.4 is 10.5 Å². The van der Waals surface area contributed by atoms with E-state index in [1.54, 1.807) is 23.3 Å². The Balaban J connectivity index is 1.91. The predicted molar refractivity (Wildman–Crippen MR) is 96.6 cm³/mol. The molecule has 2 aromatic carbocycles. The third-order valence-electron chi connectivity index (χ3n) is 3.97. The van der Waals surface area contributed by atoms with Crippen molar-refractivity contribution in [1.82, 2.24) is 14.9 Å². The van der Waals surface area contributed by atoms with Crippen LogP contribution >= 0.6 is 0 Å². The molecule has 0 saturated heterocycles. The van der Waals surface area contributed by atoms with Crippen LogP contribution in [-0.4, -0.2) is 23.9 Å². The number of nitrogens with one attached hydrogen (secondary N) is 1. The number of halogens is 1. The summed E-state index contributed by atoms with van der Waals surface area (Å²) in [6.07, 6.45) is 4.95. The van der Waals surface area contributed by atoms with Gasteiger partial charge in [-0.3, -0.25) is 4.79 Å². The highest BCUT2D eigenvalue weighted by Gasteiger charge is 2.21. The summed E-state index contributed by atoms with van der Waals surface area (Å²) in [4.78, 5) is 16.3. The van der Waals surface area contributed by atoms with E-state index in [4.69, 9.17) is 5.14 Å². The van der Waals surface area contributed by atoms with Crippen molar-refractivity contribution >= 4 is 15.9 Å². The van der Waals surface area contributed by atoms with Crippen LogP contribution in [-0.2, 0) is 16.6 Å². The molecule has 7 nitrogen and oxygen atoms in total. The Hall–Kier alpha value is -3.04. The SMILES string of the molecule is NS(=O)(=O)c1ccc(F)c(C(=O)N[C@@H](Cn2ccnc2)c2ccccc2)c1. The molecule has 0 spiro atoms. The zero-order valence-electron chi connectivity index (χ0n) is 14.1. The lowest BCUT2D eigenvalue weighted by Crippen LogP contribution is -2.32. The Labute approximate surface area is 155 Å². The minimum Gasteiger partial charge on any atom is -0.343 e. The summed E-state index contributed by atoms with van der Waals surface area (Å²) in [5, 5.41) is 7.81. The first kappa shape index (κ1) is 18.7. The van der Waals surface area contributed by atoms with E-state index in [0.29, 0.717) is 6.54 Å². The average Bonchev–Trinajstić information content (AvgIpc) is 3.14. The van der Waals surface area contributed by atoms with E-state index >= 15 is 0 Å². The highest BCUT2D eigenvalue weighted by atomic mass is 32.2. The Morgan fingerprint density at radius 2 is 1.96 bits per heavy atom. The standard InChI is InChI=1S/C18H17FN4O3S/c19-16-7-6-14(27(20,25)26)10-15(16)18(24)22-17(11-23-9-8-21-12-23)13-4-2-1-3-5-13/h1-10,12,17H,11H2,(H,22,24)(H2,20,25,26)/t17-/m0/s1. The van der Waals surface area contributed by atoms with Gasteiger partial charge in [-0.15, -0.1) is 0 Å². The minimum absolute atomic E-state index is 0.333. The zero-order valence-corrected chi connectivity index (χ0v) is 14.9. The Bertz CT molecular complexity index is 1040. The van der Waals surface area contributed by atoms with Crippen molar-refractivity contribution in [2.45, 2.75) is 17.5 Å². The van der Waals surface area contributed by atoms with Gasteiger partial charge in [0.15, 0.2) is 0 Å². The van der Waals surface area contributed by atoms with Crippen molar-refractivity contribution in [1.29, 1.82) is 0 Å². The van der Waals surface area contributed by atoms with Crippen molar-refractivity contribution in [3.8, 4) is 0 Å². The number of nitrogens with zero attached hydrogens (tertiary/aromatic N) is 2. The van der Waals surface area contributed by atoms with Crippen molar-refractivity contribution < 1.29 is 17.6 Å². The summed E-state index contributed by atoms with van der Waals surface area (Å²) in [6.45, 7) is 0.367. The van der Waals surface area contributed by atoms with Crippen LogP contribution in [0, 0.1) is 5.82 Å². The van der Waals surface area contributed by atoms with Gasteiger partial charge in [-0.05, 0) is 23.8 Å². The summed E-state index contributed by atoms with van der Waals surface area (Å²) in [7, 11) is -4.06. The maximum Gasteiger partial charge on any atom is 0.254 e. The van der Waals surface area contributed by atoms with Crippen LogP contribution in [0.15, 0.2) is 72.1 Å². The van der Waals surface area contributed by atoms with Gasteiger partial charge < -0.3 is 9.88 Å². The number of rotatable bonds is 6. The van der Waals surface area contributed by atoms with E-state index in [0.717, 1.165) is 23.8 Å². The second-order valence-electron chi connectivity index (χ2n) is 5.88. The highest BCUT2D eigenvalue weighted by molar-refractivity contribution is 7.89. The molecule has 140 valence electrons. The summed E-state index contributed by atoms with van der Waals surface area (Å²) in [5.41, 5.74) is 0.413. The smallest absolute Gasteiger partial charge is 0.254 e. The first-order valence-electron chi connectivity index (χ1n) is 7.98. The molecule has 1 amide bonds. The second kappa shape index (κ2) is 7.68. The Morgan fingerprint density at radius 1 is 1.22 bits per heavy atom. The van der Waals surface area contributed by atoms with E-state index in [1.165, 1.54) is 0 Å². The molecule has 3 rings (SSSR count). The predicted octanol–water partition coefficient (Wildman–Crippen LogP) is 1.84. The fourth-order valence-corrected chi connectivity index (χ4v) is 3.16. The molecule has 0 bridgehead atoms. The zero-order chi connectivity index (χ0) is 19.4. The lowest BCUT2D eigenvalue weighted by molar-refractivity contribution is 0.0928. The monoisotopic (exact) mass is 388 g/mol. The van der Waals surface area contributed by atoms with Gasteiger partial charge in [-0.1, -0.05) is 30.3 Å². The number of primary sulfonamides is 1. The highest BCUT2D eigenvalue weighted by Crippen LogP contribution is 2.18. The number of benzene rings is 2. The molecule has 0 fully saturated rings. The maximum absolute atomic E-state index is 14.1. The molecule has 1 heterocycles. The first-order valence-corrected chi connectivity index (χ1v) is 9.53. The normalized spacial score (nSPS) is 12.5. The first-order chi connectivity index (χ1) is 12.8. The molecule has 0 unspecified atom stereocenters. The molecule has 3 N–H and O–H groups in total. The number of sulfonamides is 1. The summed E-state index contributed by atoms with van der Waals surface area (Å²) < 4.78 is 38.9. The Morgan fingerprint density at radius 3 is 2.59 bits per heavy atom. The molecule has 0 aliphatic rings. The number of carbonyl (C=O) groups excluding carboxylic acids is 1. The summed E-state index contributed by atoms with van der Waals surface area (Å²) in [5.74, 6) is -1.58. The number of nitrogens with two attached hydrogens (primary N) is 1. The van der Waals surface area contributed by atoms with Crippen LogP contribution in [0.3, 0.4) is 0 Å². The van der Waals surface area contributed by atoms with Gasteiger partial charge in [-0.25, -0.2) is 22.9 Å². The number of hydrogen-bond acceptors (Lipinski definition) is 4. The molecule has 0 radical (unpaired) electrons. The van der Waals surface area contributed by atoms with Crippen LogP contribution in [0.1, 0.15) is 22.0 Å². The van der Waals surface area contributed by atoms with Crippen molar-refractivity contribution in [3.63, 3.8) is 0 Å². The van der Waals surface area contributed by atoms with Gasteiger partial charge in [0, 0.05) is 18.9 Å². The summed E-state index contributed by atoms with van der Waals surface area (Å²) >= 11 is 0. The van der Waals surface area contributed by atoms with E-state index in [-0.39, 0.29) is 4.90 Å². The van der Waals surface area contributed by atoms with Crippen molar-refractivity contribution in [2.24, 2.45) is 5.14 Å². The number of carbonyl (C=O) groups is 1. The third-order valence-corrected chi connectivity index (χ3v) is 4.88. The number of aromatic nitrogens is 2. The van der Waals surface area contributed by atoms with E-state index in [2.05, 4.69) is 10.3 Å². The molecule has 0 aliphatic heterocycles. The Kier molecular flexibility index (Phi) is 5.33. The molecule has 1 atom stereocenters. The summed E-state index contributed by atoms with van der Waals surface area (Å²) in [6, 6.07) is 11.5. The maximum atomic E-state index is 14.1. The fraction of sp³-hybridized carbons (Fsp3) is 0.111. The van der Waals surface area contributed by atoms with Gasteiger partial charge in [-0.2, -0.15) is 0 Å². The van der Waals surface area contributed by atoms with E-state index < -0.39 is 33.4 Å². The van der Waals surface area contributed by atoms with Crippen LogP contribution in [0.2, 0.25) is 0 Å². The lowest BCUT2D eigenvalue weighted by atomic mass is 10.1. The molecule has 3 aromatic rings. The molecule has 27 heavy (non-hydrogen) atoms. The molecule has 9 heteroatoms.